The van der Waals surface area contributed by atoms with E-state index in [-0.39, 0.29) is 0 Å². The summed E-state index contributed by atoms with van der Waals surface area (Å²) in [5.41, 5.74) is 2.44. The van der Waals surface area contributed by atoms with Crippen LogP contribution in [0.15, 0.2) is 24.3 Å². The number of benzene rings is 1. The summed E-state index contributed by atoms with van der Waals surface area (Å²) in [4.78, 5) is 17.6. The standard InChI is InChI=1S/C18H22N2O/c21-18(17-13-4-3-5-14(13)17)20-11-10-19(12-8-9-12)15-6-1-2-7-16(15)20/h1-2,6-7,12-14,17H,3-5,8-11H2. The summed E-state index contributed by atoms with van der Waals surface area (Å²) in [7, 11) is 0. The molecule has 0 N–H and O–H groups in total. The summed E-state index contributed by atoms with van der Waals surface area (Å²) in [6.45, 7) is 1.89. The Balaban J connectivity index is 1.45. The molecule has 0 radical (unpaired) electrons. The molecule has 2 unspecified atom stereocenters. The van der Waals surface area contributed by atoms with E-state index in [0.29, 0.717) is 23.7 Å². The summed E-state index contributed by atoms with van der Waals surface area (Å²) in [5.74, 6) is 2.18. The van der Waals surface area contributed by atoms with Crippen molar-refractivity contribution >= 4 is 17.3 Å². The van der Waals surface area contributed by atoms with E-state index in [1.807, 2.05) is 0 Å². The highest BCUT2D eigenvalue weighted by Gasteiger charge is 2.58. The van der Waals surface area contributed by atoms with Crippen molar-refractivity contribution < 1.29 is 4.79 Å². The number of hydrogen-bond donors (Lipinski definition) is 0. The van der Waals surface area contributed by atoms with Crippen molar-refractivity contribution in [2.45, 2.75) is 38.1 Å². The molecule has 1 amide bonds. The van der Waals surface area contributed by atoms with Gasteiger partial charge in [-0.25, -0.2) is 0 Å². The van der Waals surface area contributed by atoms with Gasteiger partial charge in [-0.15, -0.1) is 0 Å². The maximum atomic E-state index is 12.9. The Kier molecular flexibility index (Phi) is 2.44. The first-order valence-electron chi connectivity index (χ1n) is 8.51. The minimum absolute atomic E-state index is 0.347. The number of fused-ring (bicyclic) bond motifs is 2. The normalized spacial score (nSPS) is 33.6. The van der Waals surface area contributed by atoms with Gasteiger partial charge in [0.25, 0.3) is 0 Å². The summed E-state index contributed by atoms with van der Waals surface area (Å²) < 4.78 is 0. The van der Waals surface area contributed by atoms with Crippen LogP contribution in [0.25, 0.3) is 0 Å². The largest absolute Gasteiger partial charge is 0.365 e. The minimum Gasteiger partial charge on any atom is -0.365 e. The Morgan fingerprint density at radius 2 is 1.67 bits per heavy atom. The average molecular weight is 282 g/mol. The molecule has 1 aliphatic heterocycles. The van der Waals surface area contributed by atoms with Gasteiger partial charge in [0.05, 0.1) is 11.4 Å². The summed E-state index contributed by atoms with van der Waals surface area (Å²) in [6.07, 6.45) is 6.53. The van der Waals surface area contributed by atoms with E-state index in [0.717, 1.165) is 24.8 Å². The Morgan fingerprint density at radius 1 is 0.952 bits per heavy atom. The number of carbonyl (C=O) groups is 1. The molecule has 110 valence electrons. The van der Waals surface area contributed by atoms with Crippen LogP contribution in [0.2, 0.25) is 0 Å². The van der Waals surface area contributed by atoms with Crippen LogP contribution in [0.4, 0.5) is 11.4 Å². The molecule has 3 aliphatic carbocycles. The number of amides is 1. The number of hydrogen-bond acceptors (Lipinski definition) is 2. The maximum Gasteiger partial charge on any atom is 0.230 e. The SMILES string of the molecule is O=C(C1C2CCCC21)N1CCN(C2CC2)c2ccccc21. The van der Waals surface area contributed by atoms with E-state index < -0.39 is 0 Å². The lowest BCUT2D eigenvalue weighted by atomic mass is 10.1. The minimum atomic E-state index is 0.347. The van der Waals surface area contributed by atoms with Gasteiger partial charge in [-0.1, -0.05) is 18.6 Å². The topological polar surface area (TPSA) is 23.6 Å². The third kappa shape index (κ3) is 1.76. The van der Waals surface area contributed by atoms with Crippen LogP contribution < -0.4 is 9.80 Å². The third-order valence-electron chi connectivity index (χ3n) is 5.99. The van der Waals surface area contributed by atoms with Crippen molar-refractivity contribution in [2.24, 2.45) is 17.8 Å². The fourth-order valence-electron chi connectivity index (χ4n) is 4.75. The molecule has 0 bridgehead atoms. The van der Waals surface area contributed by atoms with Crippen LogP contribution in [0.5, 0.6) is 0 Å². The van der Waals surface area contributed by atoms with Crippen molar-refractivity contribution in [1.82, 2.24) is 0 Å². The molecule has 1 aromatic carbocycles. The summed E-state index contributed by atoms with van der Waals surface area (Å²) >= 11 is 0. The quantitative estimate of drug-likeness (QED) is 0.832. The maximum absolute atomic E-state index is 12.9. The average Bonchev–Trinajstić information content (AvgIpc) is 3.44. The van der Waals surface area contributed by atoms with Crippen LogP contribution in [0, 0.1) is 17.8 Å². The van der Waals surface area contributed by atoms with Crippen molar-refractivity contribution in [3.05, 3.63) is 24.3 Å². The molecule has 3 fully saturated rings. The highest BCUT2D eigenvalue weighted by molar-refractivity contribution is 6.01. The van der Waals surface area contributed by atoms with Crippen molar-refractivity contribution in [2.75, 3.05) is 22.9 Å². The molecule has 5 rings (SSSR count). The van der Waals surface area contributed by atoms with E-state index in [1.54, 1.807) is 0 Å². The van der Waals surface area contributed by atoms with Crippen LogP contribution in [0.1, 0.15) is 32.1 Å². The Labute approximate surface area is 125 Å². The molecule has 3 heteroatoms. The molecule has 0 aromatic heterocycles. The zero-order chi connectivity index (χ0) is 14.0. The van der Waals surface area contributed by atoms with Crippen molar-refractivity contribution in [3.8, 4) is 0 Å². The van der Waals surface area contributed by atoms with E-state index in [2.05, 4.69) is 34.1 Å². The highest BCUT2D eigenvalue weighted by Crippen LogP contribution is 2.58. The lowest BCUT2D eigenvalue weighted by Crippen LogP contribution is -2.46. The molecule has 3 nitrogen and oxygen atoms in total. The first-order valence-corrected chi connectivity index (χ1v) is 8.51. The second kappa shape index (κ2) is 4.25. The van der Waals surface area contributed by atoms with E-state index >= 15 is 0 Å². The van der Waals surface area contributed by atoms with E-state index in [1.165, 1.54) is 37.8 Å². The lowest BCUT2D eigenvalue weighted by molar-refractivity contribution is -0.120. The summed E-state index contributed by atoms with van der Waals surface area (Å²) in [6, 6.07) is 9.24. The molecule has 4 aliphatic rings. The lowest BCUT2D eigenvalue weighted by Gasteiger charge is -2.38. The van der Waals surface area contributed by atoms with E-state index in [4.69, 9.17) is 0 Å². The van der Waals surface area contributed by atoms with Crippen LogP contribution in [0.3, 0.4) is 0 Å². The second-order valence-electron chi connectivity index (χ2n) is 7.19. The van der Waals surface area contributed by atoms with Gasteiger partial charge in [-0.3, -0.25) is 4.79 Å². The van der Waals surface area contributed by atoms with Crippen LogP contribution in [-0.4, -0.2) is 25.0 Å². The monoisotopic (exact) mass is 282 g/mol. The number of anilines is 2. The Hall–Kier alpha value is -1.51. The zero-order valence-corrected chi connectivity index (χ0v) is 12.4. The van der Waals surface area contributed by atoms with Gasteiger partial charge in [0, 0.05) is 25.0 Å². The highest BCUT2D eigenvalue weighted by atomic mass is 16.2. The van der Waals surface area contributed by atoms with E-state index in [9.17, 15) is 4.79 Å². The Bertz CT molecular complexity index is 585. The van der Waals surface area contributed by atoms with Gasteiger partial charge in [0.1, 0.15) is 0 Å². The first kappa shape index (κ1) is 12.1. The predicted molar refractivity (Wildman–Crippen MR) is 83.5 cm³/mol. The van der Waals surface area contributed by atoms with Gasteiger partial charge < -0.3 is 9.80 Å². The zero-order valence-electron chi connectivity index (χ0n) is 12.4. The molecule has 1 heterocycles. The molecule has 2 atom stereocenters. The Morgan fingerprint density at radius 3 is 2.38 bits per heavy atom. The first-order chi connectivity index (χ1) is 10.3. The molecular formula is C18H22N2O. The third-order valence-corrected chi connectivity index (χ3v) is 5.99. The molecule has 0 saturated heterocycles. The van der Waals surface area contributed by atoms with Crippen LogP contribution >= 0.6 is 0 Å². The van der Waals surface area contributed by atoms with Gasteiger partial charge in [0.2, 0.25) is 5.91 Å². The number of para-hydroxylation sites is 2. The second-order valence-corrected chi connectivity index (χ2v) is 7.19. The summed E-state index contributed by atoms with van der Waals surface area (Å²) in [5, 5.41) is 0. The van der Waals surface area contributed by atoms with Gasteiger partial charge in [-0.2, -0.15) is 0 Å². The molecular weight excluding hydrogens is 260 g/mol. The van der Waals surface area contributed by atoms with Crippen molar-refractivity contribution in [1.29, 1.82) is 0 Å². The number of rotatable bonds is 2. The van der Waals surface area contributed by atoms with Gasteiger partial charge in [-0.05, 0) is 49.7 Å². The molecule has 0 spiro atoms. The predicted octanol–water partition coefficient (Wildman–Crippen LogP) is 3.05. The molecule has 3 saturated carbocycles. The smallest absolute Gasteiger partial charge is 0.230 e. The molecule has 21 heavy (non-hydrogen) atoms. The fraction of sp³-hybridized carbons (Fsp3) is 0.611. The van der Waals surface area contributed by atoms with Crippen molar-refractivity contribution in [3.63, 3.8) is 0 Å². The molecule has 1 aromatic rings. The fourth-order valence-corrected chi connectivity index (χ4v) is 4.75. The van der Waals surface area contributed by atoms with Gasteiger partial charge in [0.15, 0.2) is 0 Å². The number of nitrogens with zero attached hydrogens (tertiary/aromatic N) is 2. The van der Waals surface area contributed by atoms with Gasteiger partial charge >= 0.3 is 0 Å². The number of carbonyl (C=O) groups excluding carboxylic acids is 1. The van der Waals surface area contributed by atoms with Crippen LogP contribution in [-0.2, 0) is 4.79 Å².